The van der Waals surface area contributed by atoms with E-state index in [1.54, 1.807) is 0 Å². The number of carbonyl (C=O) groups is 2. The van der Waals surface area contributed by atoms with E-state index in [1.165, 1.54) is 5.56 Å². The molecule has 0 heterocycles. The van der Waals surface area contributed by atoms with Crippen LogP contribution in [-0.2, 0) is 11.2 Å². The Hall–Kier alpha value is -3.60. The summed E-state index contributed by atoms with van der Waals surface area (Å²) in [6.45, 7) is 1.94. The molecule has 4 rings (SSSR count). The number of hydrogen-bond donors (Lipinski definition) is 3. The fraction of sp³-hybridized carbons (Fsp3) is 0.231. The SMILES string of the molecule is CC(NC(=O)Nc1ccccc1Cc1ccccc1)c1ccc(NC(=O)C2CC2)cc1. The van der Waals surface area contributed by atoms with Gasteiger partial charge in [0.2, 0.25) is 5.91 Å². The second kappa shape index (κ2) is 9.47. The fourth-order valence-electron chi connectivity index (χ4n) is 3.50. The first kappa shape index (κ1) is 20.7. The van der Waals surface area contributed by atoms with Gasteiger partial charge in [-0.2, -0.15) is 0 Å². The second-order valence-electron chi connectivity index (χ2n) is 8.03. The van der Waals surface area contributed by atoms with Crippen LogP contribution in [0.5, 0.6) is 0 Å². The maximum atomic E-state index is 12.6. The Bertz CT molecular complexity index is 1040. The summed E-state index contributed by atoms with van der Waals surface area (Å²) in [5.41, 5.74) is 4.81. The van der Waals surface area contributed by atoms with Gasteiger partial charge in [0.15, 0.2) is 0 Å². The molecule has 0 spiro atoms. The molecule has 0 saturated heterocycles. The summed E-state index contributed by atoms with van der Waals surface area (Å²) in [5.74, 6) is 0.265. The van der Waals surface area contributed by atoms with E-state index in [9.17, 15) is 9.59 Å². The summed E-state index contributed by atoms with van der Waals surface area (Å²) >= 11 is 0. The van der Waals surface area contributed by atoms with E-state index in [4.69, 9.17) is 0 Å². The van der Waals surface area contributed by atoms with Gasteiger partial charge in [-0.25, -0.2) is 4.79 Å². The zero-order chi connectivity index (χ0) is 21.6. The molecule has 1 saturated carbocycles. The molecule has 5 heteroatoms. The Balaban J connectivity index is 1.35. The number of anilines is 2. The smallest absolute Gasteiger partial charge is 0.319 e. The van der Waals surface area contributed by atoms with E-state index in [0.29, 0.717) is 0 Å². The summed E-state index contributed by atoms with van der Waals surface area (Å²) in [6, 6.07) is 25.2. The first-order valence-corrected chi connectivity index (χ1v) is 10.7. The molecule has 0 aromatic heterocycles. The van der Waals surface area contributed by atoms with Crippen LogP contribution in [0.25, 0.3) is 0 Å². The predicted octanol–water partition coefficient (Wildman–Crippen LogP) is 5.51. The Morgan fingerprint density at radius 1 is 0.871 bits per heavy atom. The lowest BCUT2D eigenvalue weighted by Gasteiger charge is -2.17. The summed E-state index contributed by atoms with van der Waals surface area (Å²) in [7, 11) is 0. The van der Waals surface area contributed by atoms with Crippen molar-refractivity contribution in [2.45, 2.75) is 32.2 Å². The molecule has 3 amide bonds. The summed E-state index contributed by atoms with van der Waals surface area (Å²) in [6.07, 6.45) is 2.71. The lowest BCUT2D eigenvalue weighted by Crippen LogP contribution is -2.31. The second-order valence-corrected chi connectivity index (χ2v) is 8.03. The summed E-state index contributed by atoms with van der Waals surface area (Å²) in [4.78, 5) is 24.5. The van der Waals surface area contributed by atoms with Gasteiger partial charge in [0.1, 0.15) is 0 Å². The highest BCUT2D eigenvalue weighted by Crippen LogP contribution is 2.30. The van der Waals surface area contributed by atoms with Gasteiger partial charge in [-0.05, 0) is 61.1 Å². The molecule has 1 fully saturated rings. The molecule has 1 aliphatic carbocycles. The minimum absolute atomic E-state index is 0.0902. The van der Waals surface area contributed by atoms with Crippen molar-refractivity contribution in [3.8, 4) is 0 Å². The maximum absolute atomic E-state index is 12.6. The maximum Gasteiger partial charge on any atom is 0.319 e. The van der Waals surface area contributed by atoms with Crippen LogP contribution in [0, 0.1) is 5.92 Å². The van der Waals surface area contributed by atoms with Gasteiger partial charge in [0, 0.05) is 17.3 Å². The third-order valence-electron chi connectivity index (χ3n) is 5.48. The molecule has 1 atom stereocenters. The van der Waals surface area contributed by atoms with Crippen molar-refractivity contribution in [2.75, 3.05) is 10.6 Å². The average Bonchev–Trinajstić information content (AvgIpc) is 3.62. The molecule has 0 radical (unpaired) electrons. The first-order chi connectivity index (χ1) is 15.1. The number of rotatable bonds is 7. The molecule has 1 unspecified atom stereocenters. The number of nitrogens with one attached hydrogen (secondary N) is 3. The molecule has 3 aromatic rings. The Morgan fingerprint density at radius 2 is 1.55 bits per heavy atom. The van der Waals surface area contributed by atoms with Crippen molar-refractivity contribution in [3.05, 3.63) is 95.6 Å². The van der Waals surface area contributed by atoms with Crippen LogP contribution in [0.3, 0.4) is 0 Å². The van der Waals surface area contributed by atoms with E-state index in [-0.39, 0.29) is 23.9 Å². The summed E-state index contributed by atoms with van der Waals surface area (Å²) in [5, 5.41) is 8.90. The van der Waals surface area contributed by atoms with Gasteiger partial charge in [0.25, 0.3) is 0 Å². The number of benzene rings is 3. The number of carbonyl (C=O) groups excluding carboxylic acids is 2. The van der Waals surface area contributed by atoms with Gasteiger partial charge in [0.05, 0.1) is 6.04 Å². The van der Waals surface area contributed by atoms with Crippen LogP contribution in [0.15, 0.2) is 78.9 Å². The molecule has 5 nitrogen and oxygen atoms in total. The molecule has 0 bridgehead atoms. The van der Waals surface area contributed by atoms with Gasteiger partial charge >= 0.3 is 6.03 Å². The minimum atomic E-state index is -0.251. The third kappa shape index (κ3) is 5.72. The van der Waals surface area contributed by atoms with E-state index in [1.807, 2.05) is 73.7 Å². The zero-order valence-corrected chi connectivity index (χ0v) is 17.6. The summed E-state index contributed by atoms with van der Waals surface area (Å²) < 4.78 is 0. The molecular formula is C26H27N3O2. The third-order valence-corrected chi connectivity index (χ3v) is 5.48. The molecule has 3 aromatic carbocycles. The lowest BCUT2D eigenvalue weighted by atomic mass is 10.0. The Labute approximate surface area is 182 Å². The highest BCUT2D eigenvalue weighted by molar-refractivity contribution is 5.94. The Kier molecular flexibility index (Phi) is 6.32. The largest absolute Gasteiger partial charge is 0.331 e. The van der Waals surface area contributed by atoms with Crippen LogP contribution in [0.1, 0.15) is 42.5 Å². The van der Waals surface area contributed by atoms with Crippen LogP contribution in [0.2, 0.25) is 0 Å². The molecule has 31 heavy (non-hydrogen) atoms. The molecule has 158 valence electrons. The normalized spacial score (nSPS) is 13.8. The van der Waals surface area contributed by atoms with Crippen LogP contribution >= 0.6 is 0 Å². The van der Waals surface area contributed by atoms with Crippen molar-refractivity contribution in [2.24, 2.45) is 5.92 Å². The Morgan fingerprint density at radius 3 is 2.26 bits per heavy atom. The van der Waals surface area contributed by atoms with Crippen LogP contribution < -0.4 is 16.0 Å². The lowest BCUT2D eigenvalue weighted by molar-refractivity contribution is -0.117. The molecule has 0 aliphatic heterocycles. The number of urea groups is 1. The fourth-order valence-corrected chi connectivity index (χ4v) is 3.50. The molecular weight excluding hydrogens is 386 g/mol. The standard InChI is InChI=1S/C26H27N3O2/c1-18(20-13-15-23(16-14-20)28-25(30)21-11-12-21)27-26(31)29-24-10-6-5-9-22(24)17-19-7-3-2-4-8-19/h2-10,13-16,18,21H,11-12,17H2,1H3,(H,28,30)(H2,27,29,31). The predicted molar refractivity (Wildman–Crippen MR) is 124 cm³/mol. The van der Waals surface area contributed by atoms with Crippen molar-refractivity contribution in [3.63, 3.8) is 0 Å². The molecule has 1 aliphatic rings. The quantitative estimate of drug-likeness (QED) is 0.478. The highest BCUT2D eigenvalue weighted by Gasteiger charge is 2.29. The van der Waals surface area contributed by atoms with E-state index in [0.717, 1.165) is 41.8 Å². The van der Waals surface area contributed by atoms with Gasteiger partial charge < -0.3 is 16.0 Å². The van der Waals surface area contributed by atoms with Crippen molar-refractivity contribution >= 4 is 23.3 Å². The monoisotopic (exact) mass is 413 g/mol. The van der Waals surface area contributed by atoms with Gasteiger partial charge in [-0.1, -0.05) is 60.7 Å². The van der Waals surface area contributed by atoms with Crippen molar-refractivity contribution in [1.82, 2.24) is 5.32 Å². The first-order valence-electron chi connectivity index (χ1n) is 10.7. The highest BCUT2D eigenvalue weighted by atomic mass is 16.2. The molecule has 3 N–H and O–H groups in total. The number of amides is 3. The van der Waals surface area contributed by atoms with Gasteiger partial charge in [-0.15, -0.1) is 0 Å². The van der Waals surface area contributed by atoms with E-state index in [2.05, 4.69) is 28.1 Å². The van der Waals surface area contributed by atoms with Gasteiger partial charge in [-0.3, -0.25) is 4.79 Å². The van der Waals surface area contributed by atoms with Crippen molar-refractivity contribution < 1.29 is 9.59 Å². The van der Waals surface area contributed by atoms with Crippen molar-refractivity contribution in [1.29, 1.82) is 0 Å². The average molecular weight is 414 g/mol. The zero-order valence-electron chi connectivity index (χ0n) is 17.6. The topological polar surface area (TPSA) is 70.2 Å². The number of para-hydroxylation sites is 1. The van der Waals surface area contributed by atoms with Crippen LogP contribution in [-0.4, -0.2) is 11.9 Å². The van der Waals surface area contributed by atoms with E-state index < -0.39 is 0 Å². The minimum Gasteiger partial charge on any atom is -0.331 e. The van der Waals surface area contributed by atoms with Crippen LogP contribution in [0.4, 0.5) is 16.2 Å². The van der Waals surface area contributed by atoms with E-state index >= 15 is 0 Å². The number of hydrogen-bond acceptors (Lipinski definition) is 2.